The molecule has 1 aromatic heterocycles. The topological polar surface area (TPSA) is 64.9 Å². The Kier molecular flexibility index (Phi) is 3.35. The summed E-state index contributed by atoms with van der Waals surface area (Å²) in [7, 11) is 0. The van der Waals surface area contributed by atoms with Gasteiger partial charge in [-0.05, 0) is 31.0 Å². The summed E-state index contributed by atoms with van der Waals surface area (Å²) < 4.78 is 43.0. The van der Waals surface area contributed by atoms with Gasteiger partial charge in [-0.25, -0.2) is 0 Å². The van der Waals surface area contributed by atoms with Gasteiger partial charge >= 0.3 is 6.18 Å². The van der Waals surface area contributed by atoms with Gasteiger partial charge in [0.05, 0.1) is 11.1 Å². The number of anilines is 1. The molecule has 112 valence electrons. The second kappa shape index (κ2) is 5.05. The molecule has 2 N–H and O–H groups in total. The molecule has 0 saturated heterocycles. The lowest BCUT2D eigenvalue weighted by molar-refractivity contribution is -0.137. The molecule has 7 heteroatoms. The Labute approximate surface area is 119 Å². The lowest BCUT2D eigenvalue weighted by atomic mass is 10.1. The van der Waals surface area contributed by atoms with E-state index in [2.05, 4.69) is 10.1 Å². The molecule has 0 amide bonds. The SMILES string of the molecule is Nc1cc(C(F)(F)F)ccc1-c1nc(C2CCCC2)no1. The van der Waals surface area contributed by atoms with Crippen LogP contribution in [0.4, 0.5) is 18.9 Å². The zero-order valence-corrected chi connectivity index (χ0v) is 11.2. The number of nitrogens with two attached hydrogens (primary N) is 1. The van der Waals surface area contributed by atoms with Crippen LogP contribution in [-0.2, 0) is 6.18 Å². The van der Waals surface area contributed by atoms with Gasteiger partial charge in [-0.1, -0.05) is 18.0 Å². The molecule has 1 aliphatic rings. The Morgan fingerprint density at radius 3 is 2.52 bits per heavy atom. The Hall–Kier alpha value is -2.05. The van der Waals surface area contributed by atoms with E-state index in [0.717, 1.165) is 37.8 Å². The molecule has 21 heavy (non-hydrogen) atoms. The van der Waals surface area contributed by atoms with E-state index >= 15 is 0 Å². The lowest BCUT2D eigenvalue weighted by Gasteiger charge is -2.08. The van der Waals surface area contributed by atoms with Crippen LogP contribution in [0.2, 0.25) is 0 Å². The second-order valence-corrected chi connectivity index (χ2v) is 5.24. The van der Waals surface area contributed by atoms with Crippen LogP contribution >= 0.6 is 0 Å². The molecule has 4 nitrogen and oxygen atoms in total. The first-order valence-corrected chi connectivity index (χ1v) is 6.76. The summed E-state index contributed by atoms with van der Waals surface area (Å²) in [5.74, 6) is 1.06. The van der Waals surface area contributed by atoms with Crippen molar-refractivity contribution in [2.24, 2.45) is 0 Å². The van der Waals surface area contributed by atoms with Crippen LogP contribution in [0, 0.1) is 0 Å². The van der Waals surface area contributed by atoms with Gasteiger partial charge in [-0.3, -0.25) is 0 Å². The van der Waals surface area contributed by atoms with Gasteiger partial charge in [-0.15, -0.1) is 0 Å². The van der Waals surface area contributed by atoms with Crippen molar-refractivity contribution in [1.29, 1.82) is 0 Å². The average Bonchev–Trinajstić information content (AvgIpc) is 3.08. The van der Waals surface area contributed by atoms with Crippen LogP contribution in [0.1, 0.15) is 43.0 Å². The van der Waals surface area contributed by atoms with Crippen molar-refractivity contribution in [2.45, 2.75) is 37.8 Å². The van der Waals surface area contributed by atoms with Crippen molar-refractivity contribution < 1.29 is 17.7 Å². The maximum absolute atomic E-state index is 12.6. The first-order chi connectivity index (χ1) is 9.95. The predicted molar refractivity (Wildman–Crippen MR) is 70.4 cm³/mol. The molecule has 1 fully saturated rings. The van der Waals surface area contributed by atoms with E-state index in [1.165, 1.54) is 6.07 Å². The Balaban J connectivity index is 1.90. The second-order valence-electron chi connectivity index (χ2n) is 5.24. The molecular formula is C14H14F3N3O. The average molecular weight is 297 g/mol. The quantitative estimate of drug-likeness (QED) is 0.851. The molecule has 0 atom stereocenters. The third-order valence-corrected chi connectivity index (χ3v) is 3.77. The number of alkyl halides is 3. The van der Waals surface area contributed by atoms with E-state index in [4.69, 9.17) is 10.3 Å². The molecule has 0 spiro atoms. The van der Waals surface area contributed by atoms with Crippen LogP contribution in [0.5, 0.6) is 0 Å². The molecule has 2 aromatic rings. The largest absolute Gasteiger partial charge is 0.416 e. The van der Waals surface area contributed by atoms with E-state index in [9.17, 15) is 13.2 Å². The highest BCUT2D eigenvalue weighted by Gasteiger charge is 2.31. The molecule has 0 radical (unpaired) electrons. The normalized spacial score (nSPS) is 16.5. The highest BCUT2D eigenvalue weighted by molar-refractivity contribution is 5.71. The fraction of sp³-hybridized carbons (Fsp3) is 0.429. The minimum absolute atomic E-state index is 0.0218. The summed E-state index contributed by atoms with van der Waals surface area (Å²) in [6.45, 7) is 0. The molecule has 0 bridgehead atoms. The first-order valence-electron chi connectivity index (χ1n) is 6.76. The Bertz CT molecular complexity index is 645. The number of aromatic nitrogens is 2. The summed E-state index contributed by atoms with van der Waals surface area (Å²) in [5.41, 5.74) is 5.20. The number of rotatable bonds is 2. The van der Waals surface area contributed by atoms with Crippen LogP contribution in [0.3, 0.4) is 0 Å². The van der Waals surface area contributed by atoms with Crippen molar-refractivity contribution in [3.8, 4) is 11.5 Å². The van der Waals surface area contributed by atoms with Crippen molar-refractivity contribution in [1.82, 2.24) is 10.1 Å². The minimum Gasteiger partial charge on any atom is -0.398 e. The zero-order chi connectivity index (χ0) is 15.0. The van der Waals surface area contributed by atoms with E-state index in [1.807, 2.05) is 0 Å². The summed E-state index contributed by atoms with van der Waals surface area (Å²) in [6.07, 6.45) is -0.118. The molecule has 1 aliphatic carbocycles. The number of hydrogen-bond donors (Lipinski definition) is 1. The summed E-state index contributed by atoms with van der Waals surface area (Å²) in [4.78, 5) is 4.28. The van der Waals surface area contributed by atoms with E-state index in [0.29, 0.717) is 11.4 Å². The maximum Gasteiger partial charge on any atom is 0.416 e. The van der Waals surface area contributed by atoms with Gasteiger partial charge in [0.2, 0.25) is 0 Å². The van der Waals surface area contributed by atoms with Gasteiger partial charge in [0.25, 0.3) is 5.89 Å². The third-order valence-electron chi connectivity index (χ3n) is 3.77. The van der Waals surface area contributed by atoms with Gasteiger partial charge < -0.3 is 10.3 Å². The van der Waals surface area contributed by atoms with Crippen LogP contribution in [-0.4, -0.2) is 10.1 Å². The number of nitrogen functional groups attached to an aromatic ring is 1. The Morgan fingerprint density at radius 1 is 1.19 bits per heavy atom. The van der Waals surface area contributed by atoms with E-state index in [1.54, 1.807) is 0 Å². The monoisotopic (exact) mass is 297 g/mol. The van der Waals surface area contributed by atoms with Crippen molar-refractivity contribution in [3.05, 3.63) is 29.6 Å². The predicted octanol–water partition coefficient (Wildman–Crippen LogP) is 4.00. The molecule has 1 heterocycles. The Morgan fingerprint density at radius 2 is 1.90 bits per heavy atom. The maximum atomic E-state index is 12.6. The van der Waals surface area contributed by atoms with Crippen molar-refractivity contribution in [3.63, 3.8) is 0 Å². The van der Waals surface area contributed by atoms with Crippen molar-refractivity contribution in [2.75, 3.05) is 5.73 Å². The van der Waals surface area contributed by atoms with Crippen LogP contribution < -0.4 is 5.73 Å². The summed E-state index contributed by atoms with van der Waals surface area (Å²) >= 11 is 0. The zero-order valence-electron chi connectivity index (χ0n) is 11.2. The molecule has 3 rings (SSSR count). The van der Waals surface area contributed by atoms with E-state index < -0.39 is 11.7 Å². The van der Waals surface area contributed by atoms with Crippen molar-refractivity contribution >= 4 is 5.69 Å². The third kappa shape index (κ3) is 2.72. The standard InChI is InChI=1S/C14H14F3N3O/c15-14(16,17)9-5-6-10(11(18)7-9)13-19-12(20-21-13)8-3-1-2-4-8/h5-8H,1-4,18H2. The van der Waals surface area contributed by atoms with Gasteiger partial charge in [-0.2, -0.15) is 18.2 Å². The van der Waals surface area contributed by atoms with Crippen LogP contribution in [0.15, 0.2) is 22.7 Å². The minimum atomic E-state index is -4.42. The van der Waals surface area contributed by atoms with Gasteiger partial charge in [0.1, 0.15) is 0 Å². The fourth-order valence-electron chi connectivity index (χ4n) is 2.63. The van der Waals surface area contributed by atoms with Gasteiger partial charge in [0.15, 0.2) is 5.82 Å². The van der Waals surface area contributed by atoms with E-state index in [-0.39, 0.29) is 17.5 Å². The highest BCUT2D eigenvalue weighted by Crippen LogP contribution is 2.36. The molecule has 0 unspecified atom stereocenters. The molecule has 1 saturated carbocycles. The molecule has 0 aliphatic heterocycles. The number of hydrogen-bond acceptors (Lipinski definition) is 4. The highest BCUT2D eigenvalue weighted by atomic mass is 19.4. The summed E-state index contributed by atoms with van der Waals surface area (Å²) in [5, 5.41) is 3.92. The summed E-state index contributed by atoms with van der Waals surface area (Å²) in [6, 6.07) is 3.12. The van der Waals surface area contributed by atoms with Gasteiger partial charge in [0, 0.05) is 11.6 Å². The molecule has 1 aromatic carbocycles. The number of benzene rings is 1. The lowest BCUT2D eigenvalue weighted by Crippen LogP contribution is -2.06. The number of halogens is 3. The first kappa shape index (κ1) is 13.9. The van der Waals surface area contributed by atoms with Crippen LogP contribution in [0.25, 0.3) is 11.5 Å². The number of nitrogens with zero attached hydrogens (tertiary/aromatic N) is 2. The smallest absolute Gasteiger partial charge is 0.398 e. The molecular weight excluding hydrogens is 283 g/mol. The fourth-order valence-corrected chi connectivity index (χ4v) is 2.63.